The molecule has 132 valence electrons. The van der Waals surface area contributed by atoms with E-state index in [-0.39, 0.29) is 17.4 Å². The maximum absolute atomic E-state index is 12.1. The molecule has 0 amide bonds. The normalized spacial score (nSPS) is 26.4. The van der Waals surface area contributed by atoms with Crippen LogP contribution in [0.4, 0.5) is 0 Å². The number of piperidine rings is 1. The van der Waals surface area contributed by atoms with E-state index in [1.807, 2.05) is 13.0 Å². The molecule has 24 heavy (non-hydrogen) atoms. The Balaban J connectivity index is 2.56. The van der Waals surface area contributed by atoms with Crippen LogP contribution in [0.15, 0.2) is 29.8 Å². The number of aryl methyl sites for hydroxylation is 1. The summed E-state index contributed by atoms with van der Waals surface area (Å²) < 4.78 is 10.6. The molecule has 0 aromatic heterocycles. The number of ether oxygens (including phenoxy) is 2. The molecule has 4 heteroatoms. The van der Waals surface area contributed by atoms with E-state index in [2.05, 4.69) is 44.9 Å². The van der Waals surface area contributed by atoms with Crippen LogP contribution in [0.5, 0.6) is 5.75 Å². The predicted octanol–water partition coefficient (Wildman–Crippen LogP) is 3.47. The van der Waals surface area contributed by atoms with Gasteiger partial charge < -0.3 is 9.47 Å². The van der Waals surface area contributed by atoms with Gasteiger partial charge >= 0.3 is 5.97 Å². The van der Waals surface area contributed by atoms with E-state index in [9.17, 15) is 4.79 Å². The minimum atomic E-state index is -0.263. The molecule has 1 aromatic carbocycles. The first-order valence-electron chi connectivity index (χ1n) is 8.57. The van der Waals surface area contributed by atoms with Crippen LogP contribution in [0.3, 0.4) is 0 Å². The first kappa shape index (κ1) is 18.5. The number of likely N-dealkylation sites (N-methyl/N-ethyl adjacent to an activating group) is 1. The summed E-state index contributed by atoms with van der Waals surface area (Å²) in [5.41, 5.74) is 3.32. The van der Waals surface area contributed by atoms with Gasteiger partial charge in [-0.05, 0) is 69.6 Å². The Morgan fingerprint density at radius 2 is 2.17 bits per heavy atom. The van der Waals surface area contributed by atoms with Gasteiger partial charge in [-0.15, -0.1) is 0 Å². The Labute approximate surface area is 145 Å². The molecule has 1 fully saturated rings. The molecule has 2 atom stereocenters. The number of nitrogens with zero attached hydrogens (tertiary/aromatic N) is 1. The molecule has 1 saturated heterocycles. The molecule has 1 aliphatic heterocycles. The molecule has 1 aliphatic rings. The third kappa shape index (κ3) is 3.48. The van der Waals surface area contributed by atoms with E-state index in [1.165, 1.54) is 11.1 Å². The lowest BCUT2D eigenvalue weighted by Crippen LogP contribution is -2.47. The minimum absolute atomic E-state index is 0.179. The number of carbonyl (C=O) groups excluding carboxylic acids is 1. The minimum Gasteiger partial charge on any atom is -0.497 e. The van der Waals surface area contributed by atoms with Crippen molar-refractivity contribution in [3.05, 3.63) is 41.0 Å². The highest BCUT2D eigenvalue weighted by Crippen LogP contribution is 2.44. The number of hydrogen-bond acceptors (Lipinski definition) is 4. The Morgan fingerprint density at radius 3 is 2.79 bits per heavy atom. The smallest absolute Gasteiger partial charge is 0.330 e. The van der Waals surface area contributed by atoms with Crippen molar-refractivity contribution >= 4 is 5.97 Å². The lowest BCUT2D eigenvalue weighted by molar-refractivity contribution is -0.137. The van der Waals surface area contributed by atoms with Crippen molar-refractivity contribution in [3.63, 3.8) is 0 Å². The van der Waals surface area contributed by atoms with Crippen molar-refractivity contribution in [2.24, 2.45) is 0 Å². The molecule has 0 N–H and O–H groups in total. The van der Waals surface area contributed by atoms with Crippen LogP contribution in [0.2, 0.25) is 0 Å². The van der Waals surface area contributed by atoms with E-state index in [1.54, 1.807) is 13.2 Å². The molecule has 0 saturated carbocycles. The molecule has 0 bridgehead atoms. The topological polar surface area (TPSA) is 38.8 Å². The highest BCUT2D eigenvalue weighted by atomic mass is 16.5. The van der Waals surface area contributed by atoms with Crippen LogP contribution >= 0.6 is 0 Å². The number of methoxy groups -OCH3 is 1. The van der Waals surface area contributed by atoms with E-state index in [0.29, 0.717) is 6.61 Å². The monoisotopic (exact) mass is 331 g/mol. The van der Waals surface area contributed by atoms with Crippen molar-refractivity contribution in [2.45, 2.75) is 45.6 Å². The van der Waals surface area contributed by atoms with Crippen LogP contribution in [-0.4, -0.2) is 44.2 Å². The fourth-order valence-electron chi connectivity index (χ4n) is 3.64. The van der Waals surface area contributed by atoms with Gasteiger partial charge in [0.1, 0.15) is 5.75 Å². The quantitative estimate of drug-likeness (QED) is 0.625. The zero-order valence-corrected chi connectivity index (χ0v) is 15.7. The Kier molecular flexibility index (Phi) is 5.70. The van der Waals surface area contributed by atoms with Crippen molar-refractivity contribution < 1.29 is 14.3 Å². The Morgan fingerprint density at radius 1 is 1.46 bits per heavy atom. The van der Waals surface area contributed by atoms with Crippen LogP contribution in [-0.2, 0) is 14.9 Å². The highest BCUT2D eigenvalue weighted by Gasteiger charge is 2.40. The van der Waals surface area contributed by atoms with E-state index >= 15 is 0 Å². The van der Waals surface area contributed by atoms with E-state index < -0.39 is 0 Å². The lowest BCUT2D eigenvalue weighted by Gasteiger charge is -2.46. The number of rotatable bonds is 4. The summed E-state index contributed by atoms with van der Waals surface area (Å²) in [6.07, 6.45) is 2.65. The summed E-state index contributed by atoms with van der Waals surface area (Å²) in [6.45, 7) is 9.70. The first-order valence-corrected chi connectivity index (χ1v) is 8.57. The molecular weight excluding hydrogens is 302 g/mol. The van der Waals surface area contributed by atoms with Gasteiger partial charge in [0.2, 0.25) is 0 Å². The van der Waals surface area contributed by atoms with Crippen molar-refractivity contribution in [1.82, 2.24) is 4.90 Å². The summed E-state index contributed by atoms with van der Waals surface area (Å²) in [5, 5.41) is 0. The fraction of sp³-hybridized carbons (Fsp3) is 0.550. The highest BCUT2D eigenvalue weighted by molar-refractivity contribution is 5.83. The number of likely N-dealkylation sites (tertiary alicyclic amines) is 1. The van der Waals surface area contributed by atoms with E-state index in [0.717, 1.165) is 24.3 Å². The van der Waals surface area contributed by atoms with Crippen LogP contribution in [0.25, 0.3) is 0 Å². The van der Waals surface area contributed by atoms with Crippen LogP contribution < -0.4 is 4.74 Å². The fourth-order valence-corrected chi connectivity index (χ4v) is 3.64. The maximum atomic E-state index is 12.1. The second-order valence-electron chi connectivity index (χ2n) is 6.77. The maximum Gasteiger partial charge on any atom is 0.330 e. The molecule has 4 nitrogen and oxygen atoms in total. The van der Waals surface area contributed by atoms with Crippen molar-refractivity contribution in [3.8, 4) is 5.75 Å². The van der Waals surface area contributed by atoms with Gasteiger partial charge in [0.25, 0.3) is 0 Å². The number of benzene rings is 1. The van der Waals surface area contributed by atoms with Crippen molar-refractivity contribution in [1.29, 1.82) is 0 Å². The van der Waals surface area contributed by atoms with Crippen molar-refractivity contribution in [2.75, 3.05) is 27.3 Å². The van der Waals surface area contributed by atoms with Crippen LogP contribution in [0, 0.1) is 6.92 Å². The molecule has 0 spiro atoms. The number of esters is 1. The second-order valence-corrected chi connectivity index (χ2v) is 6.77. The summed E-state index contributed by atoms with van der Waals surface area (Å²) >= 11 is 0. The zero-order chi connectivity index (χ0) is 17.9. The van der Waals surface area contributed by atoms with Gasteiger partial charge in [0.15, 0.2) is 0 Å². The predicted molar refractivity (Wildman–Crippen MR) is 96.5 cm³/mol. The zero-order valence-electron chi connectivity index (χ0n) is 15.7. The molecule has 1 aromatic rings. The average molecular weight is 331 g/mol. The molecule has 1 heterocycles. The van der Waals surface area contributed by atoms with Gasteiger partial charge in [0.05, 0.1) is 13.7 Å². The van der Waals surface area contributed by atoms with Gasteiger partial charge in [-0.3, -0.25) is 4.90 Å². The summed E-state index contributed by atoms with van der Waals surface area (Å²) in [5.74, 6) is 0.584. The summed E-state index contributed by atoms with van der Waals surface area (Å²) in [6, 6.07) is 6.35. The molecule has 0 radical (unpaired) electrons. The second kappa shape index (κ2) is 7.39. The molecule has 2 unspecified atom stereocenters. The standard InChI is InChI=1S/C20H29NO3/c1-7-24-19(22)13-18-15(3)21(5)11-10-20(18,4)17-12-16(23-6)9-8-14(17)2/h8-9,12-13,15H,7,10-11H2,1-6H3/b18-13+. The largest absolute Gasteiger partial charge is 0.497 e. The SMILES string of the molecule is CCOC(=O)/C=C1\C(C)N(C)CCC1(C)c1cc(OC)ccc1C. The van der Waals surface area contributed by atoms with E-state index in [4.69, 9.17) is 9.47 Å². The van der Waals surface area contributed by atoms with Gasteiger partial charge in [-0.2, -0.15) is 0 Å². The average Bonchev–Trinajstić information content (AvgIpc) is 2.56. The van der Waals surface area contributed by atoms with Gasteiger partial charge in [0, 0.05) is 17.5 Å². The molecular formula is C20H29NO3. The van der Waals surface area contributed by atoms with Gasteiger partial charge in [-0.25, -0.2) is 4.79 Å². The summed E-state index contributed by atoms with van der Waals surface area (Å²) in [7, 11) is 3.78. The third-order valence-electron chi connectivity index (χ3n) is 5.31. The Hall–Kier alpha value is -1.81. The molecule has 0 aliphatic carbocycles. The van der Waals surface area contributed by atoms with Gasteiger partial charge in [-0.1, -0.05) is 13.0 Å². The number of carbonyl (C=O) groups is 1. The number of hydrogen-bond donors (Lipinski definition) is 0. The summed E-state index contributed by atoms with van der Waals surface area (Å²) in [4.78, 5) is 14.4. The first-order chi connectivity index (χ1) is 11.3. The lowest BCUT2D eigenvalue weighted by atomic mass is 9.67. The van der Waals surface area contributed by atoms with Crippen LogP contribution in [0.1, 0.15) is 38.3 Å². The molecule has 2 rings (SSSR count). The third-order valence-corrected chi connectivity index (χ3v) is 5.31. The Bertz CT molecular complexity index is 638.